The van der Waals surface area contributed by atoms with E-state index in [1.54, 1.807) is 21.8 Å². The van der Waals surface area contributed by atoms with Crippen LogP contribution in [-0.2, 0) is 4.74 Å². The van der Waals surface area contributed by atoms with Crippen LogP contribution in [0.15, 0.2) is 35.7 Å². The van der Waals surface area contributed by atoms with Crippen molar-refractivity contribution in [3.63, 3.8) is 0 Å². The number of nitrogens with one attached hydrogen (secondary N) is 1. The van der Waals surface area contributed by atoms with Crippen LogP contribution in [0.1, 0.15) is 6.92 Å². The van der Waals surface area contributed by atoms with Crippen molar-refractivity contribution in [1.29, 1.82) is 0 Å². The summed E-state index contributed by atoms with van der Waals surface area (Å²) in [5.74, 6) is 0.997. The van der Waals surface area contributed by atoms with Crippen molar-refractivity contribution in [2.24, 2.45) is 4.99 Å². The molecule has 5 rings (SSSR count). The predicted octanol–water partition coefficient (Wildman–Crippen LogP) is 2.78. The molecule has 0 atom stereocenters. The summed E-state index contributed by atoms with van der Waals surface area (Å²) in [4.78, 5) is 14.8. The van der Waals surface area contributed by atoms with Gasteiger partial charge in [0.25, 0.3) is 6.43 Å². The van der Waals surface area contributed by atoms with Crippen LogP contribution in [0.2, 0.25) is 0 Å². The number of halogens is 2. The lowest BCUT2D eigenvalue weighted by molar-refractivity contribution is 0.0207. The number of hydrogen-bond donors (Lipinski definition) is 1. The van der Waals surface area contributed by atoms with Crippen molar-refractivity contribution in [2.75, 3.05) is 36.5 Å². The minimum Gasteiger partial charge on any atom is -0.377 e. The SMILES string of the molecule is CC1=Nc2ncc(-c3ccn4nc(NC5COC5)ncc34)cc2N(CC(F)F)C1. The highest BCUT2D eigenvalue weighted by Gasteiger charge is 2.23. The average molecular weight is 399 g/mol. The van der Waals surface area contributed by atoms with E-state index < -0.39 is 6.43 Å². The molecule has 0 spiro atoms. The summed E-state index contributed by atoms with van der Waals surface area (Å²) < 4.78 is 33.0. The van der Waals surface area contributed by atoms with Gasteiger partial charge in [0.2, 0.25) is 5.95 Å². The smallest absolute Gasteiger partial charge is 0.255 e. The summed E-state index contributed by atoms with van der Waals surface area (Å²) in [5.41, 5.74) is 3.85. The normalized spacial score (nSPS) is 16.7. The molecule has 29 heavy (non-hydrogen) atoms. The molecule has 3 aromatic heterocycles. The average Bonchev–Trinajstić information content (AvgIpc) is 3.07. The zero-order valence-corrected chi connectivity index (χ0v) is 15.7. The lowest BCUT2D eigenvalue weighted by atomic mass is 10.1. The molecule has 0 unspecified atom stereocenters. The van der Waals surface area contributed by atoms with Gasteiger partial charge in [0, 0.05) is 29.2 Å². The molecule has 150 valence electrons. The molecule has 2 aliphatic heterocycles. The number of alkyl halides is 2. The van der Waals surface area contributed by atoms with Crippen molar-refractivity contribution in [1.82, 2.24) is 19.6 Å². The van der Waals surface area contributed by atoms with Gasteiger partial charge in [-0.1, -0.05) is 0 Å². The topological polar surface area (TPSA) is 79.9 Å². The first-order chi connectivity index (χ1) is 14.1. The Kier molecular flexibility index (Phi) is 4.35. The maximum Gasteiger partial charge on any atom is 0.255 e. The van der Waals surface area contributed by atoms with E-state index in [1.165, 1.54) is 0 Å². The fourth-order valence-electron chi connectivity index (χ4n) is 3.53. The van der Waals surface area contributed by atoms with Crippen molar-refractivity contribution in [3.8, 4) is 11.1 Å². The number of ether oxygens (including phenoxy) is 1. The van der Waals surface area contributed by atoms with E-state index in [1.807, 2.05) is 25.3 Å². The van der Waals surface area contributed by atoms with Gasteiger partial charge < -0.3 is 15.0 Å². The third-order valence-electron chi connectivity index (χ3n) is 4.96. The minimum absolute atomic E-state index is 0.233. The third kappa shape index (κ3) is 3.39. The van der Waals surface area contributed by atoms with Gasteiger partial charge in [-0.25, -0.2) is 28.3 Å². The van der Waals surface area contributed by atoms with Crippen molar-refractivity contribution < 1.29 is 13.5 Å². The van der Waals surface area contributed by atoms with E-state index in [-0.39, 0.29) is 12.6 Å². The van der Waals surface area contributed by atoms with Gasteiger partial charge >= 0.3 is 0 Å². The van der Waals surface area contributed by atoms with Gasteiger partial charge in [-0.2, -0.15) is 0 Å². The van der Waals surface area contributed by atoms with Crippen LogP contribution < -0.4 is 10.2 Å². The summed E-state index contributed by atoms with van der Waals surface area (Å²) in [6.45, 7) is 3.12. The summed E-state index contributed by atoms with van der Waals surface area (Å²) in [6, 6.07) is 4.00. The summed E-state index contributed by atoms with van der Waals surface area (Å²) in [6.07, 6.45) is 2.85. The fraction of sp³-hybridized carbons (Fsp3) is 0.368. The molecule has 1 fully saturated rings. The Morgan fingerprint density at radius 2 is 2.14 bits per heavy atom. The van der Waals surface area contributed by atoms with E-state index in [4.69, 9.17) is 4.74 Å². The molecule has 0 aromatic carbocycles. The number of nitrogens with zero attached hydrogens (tertiary/aromatic N) is 6. The van der Waals surface area contributed by atoms with E-state index in [9.17, 15) is 8.78 Å². The molecule has 5 heterocycles. The monoisotopic (exact) mass is 399 g/mol. The fourth-order valence-corrected chi connectivity index (χ4v) is 3.53. The minimum atomic E-state index is -2.44. The molecule has 3 aromatic rings. The molecule has 0 radical (unpaired) electrons. The van der Waals surface area contributed by atoms with Crippen LogP contribution in [0.5, 0.6) is 0 Å². The molecule has 0 bridgehead atoms. The Morgan fingerprint density at radius 1 is 1.28 bits per heavy atom. The van der Waals surface area contributed by atoms with Crippen LogP contribution in [0, 0.1) is 0 Å². The Bertz CT molecular complexity index is 1090. The van der Waals surface area contributed by atoms with Crippen molar-refractivity contribution in [2.45, 2.75) is 19.4 Å². The number of hydrogen-bond acceptors (Lipinski definition) is 7. The van der Waals surface area contributed by atoms with Gasteiger partial charge in [0.05, 0.1) is 49.7 Å². The molecule has 1 saturated heterocycles. The molecule has 10 heteroatoms. The lowest BCUT2D eigenvalue weighted by Crippen LogP contribution is -2.40. The second-order valence-electron chi connectivity index (χ2n) is 7.21. The molecule has 2 aliphatic rings. The summed E-state index contributed by atoms with van der Waals surface area (Å²) in [5, 5.41) is 7.70. The zero-order chi connectivity index (χ0) is 20.0. The molecule has 8 nitrogen and oxygen atoms in total. The van der Waals surface area contributed by atoms with E-state index in [0.29, 0.717) is 37.2 Å². The Morgan fingerprint density at radius 3 is 2.90 bits per heavy atom. The first-order valence-corrected chi connectivity index (χ1v) is 9.33. The van der Waals surface area contributed by atoms with E-state index in [0.717, 1.165) is 22.4 Å². The number of pyridine rings is 1. The zero-order valence-electron chi connectivity index (χ0n) is 15.7. The number of rotatable bonds is 5. The van der Waals surface area contributed by atoms with Crippen LogP contribution in [0.3, 0.4) is 0 Å². The molecule has 0 saturated carbocycles. The highest BCUT2D eigenvalue weighted by Crippen LogP contribution is 2.35. The molecule has 0 amide bonds. The Labute approximate surface area is 165 Å². The van der Waals surface area contributed by atoms with Crippen molar-refractivity contribution in [3.05, 3.63) is 30.7 Å². The number of aromatic nitrogens is 4. The second kappa shape index (κ2) is 7.03. The largest absolute Gasteiger partial charge is 0.377 e. The Balaban J connectivity index is 1.50. The number of fused-ring (bicyclic) bond motifs is 2. The van der Waals surface area contributed by atoms with Gasteiger partial charge in [-0.3, -0.25) is 0 Å². The highest BCUT2D eigenvalue weighted by molar-refractivity contribution is 5.94. The first-order valence-electron chi connectivity index (χ1n) is 9.33. The van der Waals surface area contributed by atoms with Gasteiger partial charge in [-0.05, 0) is 19.1 Å². The quantitative estimate of drug-likeness (QED) is 0.711. The van der Waals surface area contributed by atoms with Gasteiger partial charge in [0.1, 0.15) is 0 Å². The third-order valence-corrected chi connectivity index (χ3v) is 4.96. The molecule has 1 N–H and O–H groups in total. The van der Waals surface area contributed by atoms with Crippen molar-refractivity contribution >= 4 is 28.7 Å². The molecule has 0 aliphatic carbocycles. The maximum absolute atomic E-state index is 13.0. The second-order valence-corrected chi connectivity index (χ2v) is 7.21. The maximum atomic E-state index is 13.0. The van der Waals surface area contributed by atoms with Crippen LogP contribution in [0.4, 0.5) is 26.2 Å². The predicted molar refractivity (Wildman–Crippen MR) is 105 cm³/mol. The van der Waals surface area contributed by atoms with Gasteiger partial charge in [0.15, 0.2) is 5.82 Å². The first kappa shape index (κ1) is 17.9. The highest BCUT2D eigenvalue weighted by atomic mass is 19.3. The lowest BCUT2D eigenvalue weighted by Gasteiger charge is -2.29. The standard InChI is InChI=1S/C19H19F2N7O/c1-11-7-27(8-17(20)21)15-4-12(5-22-18(15)24-11)14-2-3-28-16(14)6-23-19(26-28)25-13-9-29-10-13/h2-6,13,17H,7-10H2,1H3,(H,25,26). The number of anilines is 2. The van der Waals surface area contributed by atoms with Crippen LogP contribution in [0.25, 0.3) is 16.6 Å². The van der Waals surface area contributed by atoms with Crippen LogP contribution >= 0.6 is 0 Å². The van der Waals surface area contributed by atoms with E-state index >= 15 is 0 Å². The summed E-state index contributed by atoms with van der Waals surface area (Å²) in [7, 11) is 0. The Hall–Kier alpha value is -3.14. The van der Waals surface area contributed by atoms with Crippen LogP contribution in [-0.4, -0.2) is 64.1 Å². The van der Waals surface area contributed by atoms with E-state index in [2.05, 4.69) is 25.4 Å². The molecular formula is C19H19F2N7O. The molecular weight excluding hydrogens is 380 g/mol. The number of aliphatic imine (C=N–C) groups is 1. The van der Waals surface area contributed by atoms with Gasteiger partial charge in [-0.15, -0.1) is 5.10 Å². The summed E-state index contributed by atoms with van der Waals surface area (Å²) >= 11 is 0.